The molecule has 0 aliphatic carbocycles. The lowest BCUT2D eigenvalue weighted by Gasteiger charge is -2.12. The minimum Gasteiger partial charge on any atom is -0.506 e. The van der Waals surface area contributed by atoms with Crippen molar-refractivity contribution in [1.29, 1.82) is 0 Å². The molecule has 0 aliphatic rings. The minimum atomic E-state index is -4.76. The van der Waals surface area contributed by atoms with Crippen LogP contribution in [0.2, 0.25) is 0 Å². The lowest BCUT2D eigenvalue weighted by Crippen LogP contribution is -2.05. The quantitative estimate of drug-likeness (QED) is 0.126. The van der Waals surface area contributed by atoms with Crippen molar-refractivity contribution in [3.63, 3.8) is 0 Å². The second-order valence-electron chi connectivity index (χ2n) is 8.42. The van der Waals surface area contributed by atoms with Gasteiger partial charge in [-0.15, -0.1) is 20.5 Å². The third-order valence-corrected chi connectivity index (χ3v) is 8.48. The van der Waals surface area contributed by atoms with Crippen molar-refractivity contribution in [3.05, 3.63) is 66.7 Å². The van der Waals surface area contributed by atoms with E-state index in [4.69, 9.17) is 0 Å². The van der Waals surface area contributed by atoms with Gasteiger partial charge in [0.05, 0.1) is 16.3 Å². The number of aromatic hydroxyl groups is 2. The predicted molar refractivity (Wildman–Crippen MR) is 150 cm³/mol. The van der Waals surface area contributed by atoms with Gasteiger partial charge < -0.3 is 15.5 Å². The van der Waals surface area contributed by atoms with E-state index in [1.165, 1.54) is 19.1 Å². The average molecular weight is 584 g/mol. The summed E-state index contributed by atoms with van der Waals surface area (Å²) in [6.07, 6.45) is 0. The Morgan fingerprint density at radius 2 is 1.43 bits per heavy atom. The Bertz CT molecular complexity index is 1870. The van der Waals surface area contributed by atoms with Gasteiger partial charge in [0.25, 0.3) is 10.1 Å². The molecule has 0 heterocycles. The summed E-state index contributed by atoms with van der Waals surface area (Å²) >= 11 is 0. The maximum Gasteiger partial charge on any atom is 0.296 e. The molecule has 0 bridgehead atoms. The van der Waals surface area contributed by atoms with E-state index in [0.717, 1.165) is 18.2 Å². The second-order valence-corrected chi connectivity index (χ2v) is 12.1. The summed E-state index contributed by atoms with van der Waals surface area (Å²) in [5.74, 6) is -0.540. The van der Waals surface area contributed by atoms with Gasteiger partial charge >= 0.3 is 0 Å². The Balaban J connectivity index is 1.87. The molecule has 0 spiro atoms. The number of azo groups is 2. The zero-order valence-corrected chi connectivity index (χ0v) is 23.0. The van der Waals surface area contributed by atoms with Crippen LogP contribution in [0.25, 0.3) is 10.8 Å². The Morgan fingerprint density at radius 1 is 0.750 bits per heavy atom. The van der Waals surface area contributed by atoms with Gasteiger partial charge in [0.2, 0.25) is 0 Å². The van der Waals surface area contributed by atoms with E-state index in [0.29, 0.717) is 23.0 Å². The first kappa shape index (κ1) is 28.6. The number of benzene rings is 4. The molecule has 0 saturated heterocycles. The van der Waals surface area contributed by atoms with Crippen LogP contribution in [-0.2, 0) is 20.0 Å². The fourth-order valence-electron chi connectivity index (χ4n) is 3.80. The largest absolute Gasteiger partial charge is 0.506 e. The zero-order chi connectivity index (χ0) is 29.1. The molecule has 0 aromatic heterocycles. The maximum atomic E-state index is 12.4. The topological polar surface area (TPSA) is 190 Å². The first-order valence-corrected chi connectivity index (χ1v) is 15.0. The maximum absolute atomic E-state index is 12.4. The monoisotopic (exact) mass is 583 g/mol. The highest BCUT2D eigenvalue weighted by molar-refractivity contribution is 7.91. The Hall–Kier alpha value is -4.40. The molecule has 4 rings (SSSR count). The lowest BCUT2D eigenvalue weighted by atomic mass is 10.1. The van der Waals surface area contributed by atoms with Crippen molar-refractivity contribution in [2.45, 2.75) is 23.6 Å². The molecular weight excluding hydrogens is 558 g/mol. The van der Waals surface area contributed by atoms with Crippen LogP contribution in [0.1, 0.15) is 13.8 Å². The average Bonchev–Trinajstić information content (AvgIpc) is 2.92. The molecule has 4 N–H and O–H groups in total. The molecule has 0 atom stereocenters. The molecule has 12 nitrogen and oxygen atoms in total. The smallest absolute Gasteiger partial charge is 0.296 e. The van der Waals surface area contributed by atoms with Gasteiger partial charge in [-0.25, -0.2) is 8.42 Å². The number of hydrogen-bond donors (Lipinski definition) is 4. The van der Waals surface area contributed by atoms with Crippen molar-refractivity contribution >= 4 is 59.2 Å². The summed E-state index contributed by atoms with van der Waals surface area (Å²) < 4.78 is 58.4. The number of fused-ring (bicyclic) bond motifs is 1. The van der Waals surface area contributed by atoms with Crippen molar-refractivity contribution < 1.29 is 31.6 Å². The molecule has 208 valence electrons. The number of phenolic OH excluding ortho intramolecular Hbond substituents is 2. The highest BCUT2D eigenvalue weighted by Crippen LogP contribution is 2.43. The van der Waals surface area contributed by atoms with E-state index in [2.05, 4.69) is 25.8 Å². The number of anilines is 1. The van der Waals surface area contributed by atoms with Crippen LogP contribution < -0.4 is 5.32 Å². The highest BCUT2D eigenvalue weighted by atomic mass is 32.2. The predicted octanol–water partition coefficient (Wildman–Crippen LogP) is 6.55. The summed E-state index contributed by atoms with van der Waals surface area (Å²) in [6.45, 7) is 3.78. The number of rotatable bonds is 9. The van der Waals surface area contributed by atoms with Gasteiger partial charge in [0.15, 0.2) is 15.6 Å². The molecule has 4 aromatic carbocycles. The van der Waals surface area contributed by atoms with Gasteiger partial charge in [-0.3, -0.25) is 4.55 Å². The van der Waals surface area contributed by atoms with Crippen molar-refractivity contribution in [3.8, 4) is 11.5 Å². The molecule has 0 saturated carbocycles. The van der Waals surface area contributed by atoms with Crippen LogP contribution in [0.5, 0.6) is 11.5 Å². The van der Waals surface area contributed by atoms with Crippen molar-refractivity contribution in [2.24, 2.45) is 20.5 Å². The normalized spacial score (nSPS) is 12.5. The van der Waals surface area contributed by atoms with E-state index >= 15 is 0 Å². The van der Waals surface area contributed by atoms with Crippen LogP contribution in [0, 0.1) is 0 Å². The Kier molecular flexibility index (Phi) is 8.13. The summed E-state index contributed by atoms with van der Waals surface area (Å²) in [7, 11) is -8.47. The first-order valence-electron chi connectivity index (χ1n) is 11.9. The van der Waals surface area contributed by atoms with Crippen molar-refractivity contribution in [1.82, 2.24) is 0 Å². The Morgan fingerprint density at radius 3 is 2.10 bits per heavy atom. The molecule has 0 unspecified atom stereocenters. The summed E-state index contributed by atoms with van der Waals surface area (Å²) in [5.41, 5.74) is 0.645. The van der Waals surface area contributed by atoms with Crippen LogP contribution in [0.4, 0.5) is 28.4 Å². The van der Waals surface area contributed by atoms with E-state index in [1.807, 2.05) is 6.92 Å². The number of para-hydroxylation sites is 1. The number of sulfone groups is 1. The third kappa shape index (κ3) is 5.93. The van der Waals surface area contributed by atoms with Crippen LogP contribution >= 0.6 is 0 Å². The Labute approximate surface area is 230 Å². The zero-order valence-electron chi connectivity index (χ0n) is 21.3. The molecule has 0 fully saturated rings. The van der Waals surface area contributed by atoms with Gasteiger partial charge in [0.1, 0.15) is 33.4 Å². The van der Waals surface area contributed by atoms with E-state index in [1.54, 1.807) is 36.4 Å². The molecule has 40 heavy (non-hydrogen) atoms. The van der Waals surface area contributed by atoms with E-state index in [9.17, 15) is 31.6 Å². The fraction of sp³-hybridized carbons (Fsp3) is 0.154. The third-order valence-electron chi connectivity index (χ3n) is 5.84. The number of hydrogen-bond acceptors (Lipinski definition) is 11. The summed E-state index contributed by atoms with van der Waals surface area (Å²) in [6, 6.07) is 15.7. The van der Waals surface area contributed by atoms with Gasteiger partial charge in [-0.05, 0) is 61.5 Å². The van der Waals surface area contributed by atoms with Crippen molar-refractivity contribution in [2.75, 3.05) is 17.6 Å². The number of nitrogens with one attached hydrogen (secondary N) is 1. The molecule has 4 aromatic rings. The van der Waals surface area contributed by atoms with Gasteiger partial charge in [-0.1, -0.05) is 19.1 Å². The molecule has 0 aliphatic heterocycles. The highest BCUT2D eigenvalue weighted by Gasteiger charge is 2.21. The summed E-state index contributed by atoms with van der Waals surface area (Å²) in [4.78, 5) is -0.801. The summed E-state index contributed by atoms with van der Waals surface area (Å²) in [5, 5.41) is 41.0. The minimum absolute atomic E-state index is 0.0791. The van der Waals surface area contributed by atoms with Crippen LogP contribution in [-0.4, -0.2) is 43.9 Å². The number of nitrogens with zero attached hydrogens (tertiary/aromatic N) is 4. The second kappa shape index (κ2) is 11.4. The van der Waals surface area contributed by atoms with E-state index < -0.39 is 24.9 Å². The number of phenols is 2. The molecule has 14 heteroatoms. The van der Waals surface area contributed by atoms with E-state index in [-0.39, 0.29) is 44.9 Å². The van der Waals surface area contributed by atoms with Gasteiger partial charge in [-0.2, -0.15) is 8.42 Å². The van der Waals surface area contributed by atoms with Gasteiger partial charge in [0, 0.05) is 17.3 Å². The fourth-order valence-corrected chi connectivity index (χ4v) is 5.30. The molecule has 0 amide bonds. The van der Waals surface area contributed by atoms with Crippen LogP contribution in [0.3, 0.4) is 0 Å². The van der Waals surface area contributed by atoms with Crippen LogP contribution in [0.15, 0.2) is 97.0 Å². The molecule has 0 radical (unpaired) electrons. The first-order chi connectivity index (χ1) is 19.0. The SMILES string of the molecule is CCNc1ccc2c(O)c(/N=N/c3ccccc3O)ccc2c1/N=N/c1cc(S(=O)(=O)CC)ccc1S(=O)(=O)O. The standard InChI is InChI=1S/C26H25N5O7S2/c1-3-27-20-12-11-18-17(10-13-21(26(18)33)29-28-19-7-5-6-8-23(19)32)25(20)31-30-22-15-16(39(34,35)4-2)9-14-24(22)40(36,37)38/h5-15,27,32-33H,3-4H2,1-2H3,(H,36,37,38)/b29-28+,31-30+. The molecular formula is C26H25N5O7S2. The lowest BCUT2D eigenvalue weighted by molar-refractivity contribution is 0.475.